The lowest BCUT2D eigenvalue weighted by atomic mass is 10.2. The molecule has 0 spiro atoms. The minimum atomic E-state index is -0.127. The quantitative estimate of drug-likeness (QED) is 0.699. The van der Waals surface area contributed by atoms with Gasteiger partial charge in [0.1, 0.15) is 5.76 Å². The van der Waals surface area contributed by atoms with Crippen LogP contribution in [0.15, 0.2) is 22.8 Å². The monoisotopic (exact) mass is 183 g/mol. The molecular formula is C9H13NO3. The molecule has 0 aliphatic carbocycles. The topological polar surface area (TPSA) is 51.5 Å². The van der Waals surface area contributed by atoms with Crippen molar-refractivity contribution < 1.29 is 14.0 Å². The van der Waals surface area contributed by atoms with E-state index >= 15 is 0 Å². The molecule has 72 valence electrons. The predicted octanol–water partition coefficient (Wildman–Crippen LogP) is 1.28. The van der Waals surface area contributed by atoms with E-state index in [2.05, 4.69) is 5.48 Å². The largest absolute Gasteiger partial charge is 0.469 e. The maximum Gasteiger partial charge on any atom is 0.243 e. The second-order valence-corrected chi connectivity index (χ2v) is 2.54. The summed E-state index contributed by atoms with van der Waals surface area (Å²) in [4.78, 5) is 15.8. The van der Waals surface area contributed by atoms with Crippen molar-refractivity contribution in [2.45, 2.75) is 19.8 Å². The molecular weight excluding hydrogens is 170 g/mol. The Hall–Kier alpha value is -1.29. The third-order valence-electron chi connectivity index (χ3n) is 1.51. The Balaban J connectivity index is 2.15. The van der Waals surface area contributed by atoms with E-state index in [9.17, 15) is 4.79 Å². The molecule has 4 heteroatoms. The summed E-state index contributed by atoms with van der Waals surface area (Å²) >= 11 is 0. The molecule has 1 amide bonds. The molecule has 0 saturated carbocycles. The second kappa shape index (κ2) is 5.37. The van der Waals surface area contributed by atoms with Gasteiger partial charge >= 0.3 is 0 Å². The molecule has 1 N–H and O–H groups in total. The van der Waals surface area contributed by atoms with Crippen LogP contribution in [-0.2, 0) is 16.1 Å². The maximum atomic E-state index is 11.0. The first-order chi connectivity index (χ1) is 6.33. The summed E-state index contributed by atoms with van der Waals surface area (Å²) in [6, 6.07) is 3.64. The summed E-state index contributed by atoms with van der Waals surface area (Å²) in [6.45, 7) is 2.29. The fourth-order valence-corrected chi connectivity index (χ4v) is 0.895. The summed E-state index contributed by atoms with van der Waals surface area (Å²) in [5.74, 6) is 0.685. The van der Waals surface area contributed by atoms with Crippen LogP contribution in [0.5, 0.6) is 0 Å². The van der Waals surface area contributed by atoms with Crippen LogP contribution in [0.4, 0.5) is 0 Å². The van der Waals surface area contributed by atoms with Crippen molar-refractivity contribution in [2.75, 3.05) is 6.61 Å². The zero-order chi connectivity index (χ0) is 9.52. The van der Waals surface area contributed by atoms with Gasteiger partial charge in [-0.2, -0.15) is 0 Å². The molecule has 0 atom stereocenters. The molecule has 0 saturated heterocycles. The van der Waals surface area contributed by atoms with E-state index in [0.717, 1.165) is 5.76 Å². The number of carbonyl (C=O) groups excluding carboxylic acids is 1. The Morgan fingerprint density at radius 1 is 1.69 bits per heavy atom. The van der Waals surface area contributed by atoms with Gasteiger partial charge in [0, 0.05) is 12.8 Å². The highest BCUT2D eigenvalue weighted by atomic mass is 16.6. The molecule has 13 heavy (non-hydrogen) atoms. The Bertz CT molecular complexity index is 243. The average molecular weight is 183 g/mol. The summed E-state index contributed by atoms with van der Waals surface area (Å²) in [5, 5.41) is 0. The fraction of sp³-hybridized carbons (Fsp3) is 0.444. The Labute approximate surface area is 76.8 Å². The van der Waals surface area contributed by atoms with Crippen molar-refractivity contribution in [2.24, 2.45) is 0 Å². The molecule has 1 rings (SSSR count). The van der Waals surface area contributed by atoms with E-state index < -0.39 is 0 Å². The molecule has 0 fully saturated rings. The highest BCUT2D eigenvalue weighted by Gasteiger charge is 2.02. The number of carbonyl (C=O) groups is 1. The van der Waals surface area contributed by atoms with Crippen LogP contribution in [0.2, 0.25) is 0 Å². The number of hydrogen-bond acceptors (Lipinski definition) is 3. The Morgan fingerprint density at radius 3 is 3.15 bits per heavy atom. The highest BCUT2D eigenvalue weighted by molar-refractivity contribution is 5.74. The minimum Gasteiger partial charge on any atom is -0.469 e. The third-order valence-corrected chi connectivity index (χ3v) is 1.51. The average Bonchev–Trinajstić information content (AvgIpc) is 2.64. The van der Waals surface area contributed by atoms with Gasteiger partial charge in [-0.1, -0.05) is 0 Å². The molecule has 4 nitrogen and oxygen atoms in total. The first-order valence-electron chi connectivity index (χ1n) is 4.26. The lowest BCUT2D eigenvalue weighted by Gasteiger charge is -2.01. The summed E-state index contributed by atoms with van der Waals surface area (Å²) in [5.41, 5.74) is 2.31. The number of nitrogens with one attached hydrogen (secondary N) is 1. The molecule has 0 aromatic carbocycles. The zero-order valence-corrected chi connectivity index (χ0v) is 7.58. The van der Waals surface area contributed by atoms with Crippen LogP contribution in [0.3, 0.4) is 0 Å². The number of aryl methyl sites for hydroxylation is 1. The second-order valence-electron chi connectivity index (χ2n) is 2.54. The van der Waals surface area contributed by atoms with Crippen LogP contribution >= 0.6 is 0 Å². The van der Waals surface area contributed by atoms with Gasteiger partial charge in [0.05, 0.1) is 12.9 Å². The normalized spacial score (nSPS) is 9.92. The van der Waals surface area contributed by atoms with Gasteiger partial charge in [-0.3, -0.25) is 9.63 Å². The summed E-state index contributed by atoms with van der Waals surface area (Å²) < 4.78 is 5.07. The summed E-state index contributed by atoms with van der Waals surface area (Å²) in [7, 11) is 0. The van der Waals surface area contributed by atoms with E-state index in [1.54, 1.807) is 12.3 Å². The summed E-state index contributed by atoms with van der Waals surface area (Å²) in [6.07, 6.45) is 2.58. The lowest BCUT2D eigenvalue weighted by molar-refractivity contribution is -0.133. The molecule has 0 bridgehead atoms. The van der Waals surface area contributed by atoms with Gasteiger partial charge in [0.15, 0.2) is 0 Å². The van der Waals surface area contributed by atoms with Gasteiger partial charge in [0.25, 0.3) is 0 Å². The Kier molecular flexibility index (Phi) is 4.05. The number of amides is 1. The van der Waals surface area contributed by atoms with E-state index in [1.807, 2.05) is 13.0 Å². The van der Waals surface area contributed by atoms with Crippen molar-refractivity contribution in [3.8, 4) is 0 Å². The molecule has 0 aliphatic heterocycles. The number of hydroxylamine groups is 1. The van der Waals surface area contributed by atoms with Crippen LogP contribution < -0.4 is 5.48 Å². The molecule has 0 radical (unpaired) electrons. The van der Waals surface area contributed by atoms with E-state index in [1.165, 1.54) is 0 Å². The van der Waals surface area contributed by atoms with Gasteiger partial charge in [-0.15, -0.1) is 0 Å². The number of furan rings is 1. The van der Waals surface area contributed by atoms with Crippen LogP contribution in [-0.4, -0.2) is 12.5 Å². The SMILES string of the molecule is CCONC(=O)CCc1ccco1. The first kappa shape index (κ1) is 9.80. The molecule has 1 aromatic heterocycles. The third kappa shape index (κ3) is 3.75. The minimum absolute atomic E-state index is 0.127. The van der Waals surface area contributed by atoms with Crippen molar-refractivity contribution in [1.29, 1.82) is 0 Å². The van der Waals surface area contributed by atoms with E-state index in [-0.39, 0.29) is 5.91 Å². The highest BCUT2D eigenvalue weighted by Crippen LogP contribution is 2.02. The zero-order valence-electron chi connectivity index (χ0n) is 7.58. The van der Waals surface area contributed by atoms with Crippen molar-refractivity contribution in [3.05, 3.63) is 24.2 Å². The predicted molar refractivity (Wildman–Crippen MR) is 46.8 cm³/mol. The van der Waals surface area contributed by atoms with Crippen LogP contribution in [0, 0.1) is 0 Å². The number of hydrogen-bond donors (Lipinski definition) is 1. The fourth-order valence-electron chi connectivity index (χ4n) is 0.895. The molecule has 1 heterocycles. The maximum absolute atomic E-state index is 11.0. The standard InChI is InChI=1S/C9H13NO3/c1-2-13-10-9(11)6-5-8-4-3-7-12-8/h3-4,7H,2,5-6H2,1H3,(H,10,11). The van der Waals surface area contributed by atoms with Gasteiger partial charge < -0.3 is 4.42 Å². The lowest BCUT2D eigenvalue weighted by Crippen LogP contribution is -2.23. The van der Waals surface area contributed by atoms with Crippen molar-refractivity contribution in [1.82, 2.24) is 5.48 Å². The van der Waals surface area contributed by atoms with Crippen molar-refractivity contribution in [3.63, 3.8) is 0 Å². The number of rotatable bonds is 5. The van der Waals surface area contributed by atoms with Gasteiger partial charge in [0.2, 0.25) is 5.91 Å². The molecule has 0 unspecified atom stereocenters. The van der Waals surface area contributed by atoms with Crippen molar-refractivity contribution >= 4 is 5.91 Å². The molecule has 1 aromatic rings. The van der Waals surface area contributed by atoms with Gasteiger partial charge in [-0.05, 0) is 19.1 Å². The first-order valence-corrected chi connectivity index (χ1v) is 4.26. The Morgan fingerprint density at radius 2 is 2.54 bits per heavy atom. The van der Waals surface area contributed by atoms with E-state index in [4.69, 9.17) is 9.25 Å². The smallest absolute Gasteiger partial charge is 0.243 e. The van der Waals surface area contributed by atoms with E-state index in [0.29, 0.717) is 19.4 Å². The van der Waals surface area contributed by atoms with Gasteiger partial charge in [-0.25, -0.2) is 5.48 Å². The van der Waals surface area contributed by atoms with Crippen LogP contribution in [0.1, 0.15) is 19.1 Å². The van der Waals surface area contributed by atoms with Crippen LogP contribution in [0.25, 0.3) is 0 Å². The molecule has 0 aliphatic rings.